The summed E-state index contributed by atoms with van der Waals surface area (Å²) >= 11 is 1.53. The van der Waals surface area contributed by atoms with E-state index in [0.29, 0.717) is 5.92 Å². The Kier molecular flexibility index (Phi) is 2.12. The van der Waals surface area contributed by atoms with Crippen LogP contribution in [0.1, 0.15) is 43.4 Å². The van der Waals surface area contributed by atoms with E-state index in [1.54, 1.807) is 0 Å². The molecule has 3 nitrogen and oxygen atoms in total. The lowest BCUT2D eigenvalue weighted by Crippen LogP contribution is -2.19. The summed E-state index contributed by atoms with van der Waals surface area (Å²) in [5, 5.41) is 1.15. The highest BCUT2D eigenvalue weighted by Gasteiger charge is 2.46. The molecule has 1 fully saturated rings. The topological polar surface area (TPSA) is 51.8 Å². The molecule has 1 heterocycles. The summed E-state index contributed by atoms with van der Waals surface area (Å²) in [7, 11) is 0. The third kappa shape index (κ3) is 1.48. The zero-order valence-electron chi connectivity index (χ0n) is 8.08. The lowest BCUT2D eigenvalue weighted by molar-refractivity contribution is 0.685. The highest BCUT2D eigenvalue weighted by atomic mass is 32.1. The first-order valence-electron chi connectivity index (χ1n) is 4.72. The van der Waals surface area contributed by atoms with Gasteiger partial charge in [0.1, 0.15) is 10.8 Å². The van der Waals surface area contributed by atoms with Crippen LogP contribution in [0.3, 0.4) is 0 Å². The number of hydrogen-bond acceptors (Lipinski definition) is 4. The number of rotatable bonds is 3. The van der Waals surface area contributed by atoms with Crippen molar-refractivity contribution in [2.45, 2.75) is 38.0 Å². The van der Waals surface area contributed by atoms with E-state index < -0.39 is 0 Å². The normalized spacial score (nSPS) is 19.4. The van der Waals surface area contributed by atoms with Crippen molar-refractivity contribution in [2.75, 3.05) is 6.54 Å². The fraction of sp³-hybridized carbons (Fsp3) is 0.778. The third-order valence-corrected chi connectivity index (χ3v) is 3.63. The van der Waals surface area contributed by atoms with Gasteiger partial charge in [0.05, 0.1) is 0 Å². The minimum atomic E-state index is 0.213. The van der Waals surface area contributed by atoms with Gasteiger partial charge in [0.2, 0.25) is 0 Å². The van der Waals surface area contributed by atoms with Crippen molar-refractivity contribution < 1.29 is 0 Å². The molecule has 1 aliphatic carbocycles. The molecule has 0 radical (unpaired) electrons. The van der Waals surface area contributed by atoms with Gasteiger partial charge in [-0.25, -0.2) is 4.98 Å². The summed E-state index contributed by atoms with van der Waals surface area (Å²) < 4.78 is 4.34. The molecule has 72 valence electrons. The average Bonchev–Trinajstić information content (AvgIpc) is 2.75. The summed E-state index contributed by atoms with van der Waals surface area (Å²) in [6.07, 6.45) is 2.38. The smallest absolute Gasteiger partial charge is 0.145 e. The van der Waals surface area contributed by atoms with Crippen LogP contribution >= 0.6 is 11.5 Å². The van der Waals surface area contributed by atoms with E-state index in [0.717, 1.165) is 17.4 Å². The Morgan fingerprint density at radius 2 is 2.23 bits per heavy atom. The molecule has 0 atom stereocenters. The summed E-state index contributed by atoms with van der Waals surface area (Å²) in [5.74, 6) is 1.40. The molecule has 0 aliphatic heterocycles. The largest absolute Gasteiger partial charge is 0.329 e. The van der Waals surface area contributed by atoms with E-state index in [4.69, 9.17) is 5.73 Å². The second-order valence-corrected chi connectivity index (χ2v) is 4.85. The van der Waals surface area contributed by atoms with E-state index in [2.05, 4.69) is 23.2 Å². The zero-order chi connectivity index (χ0) is 9.47. The molecule has 0 amide bonds. The van der Waals surface area contributed by atoms with E-state index in [1.807, 2.05) is 0 Å². The molecule has 0 bridgehead atoms. The van der Waals surface area contributed by atoms with Crippen molar-refractivity contribution in [1.29, 1.82) is 0 Å². The van der Waals surface area contributed by atoms with Crippen LogP contribution < -0.4 is 5.73 Å². The molecule has 1 aliphatic rings. The molecule has 0 unspecified atom stereocenters. The Hall–Kier alpha value is -0.480. The maximum Gasteiger partial charge on any atom is 0.145 e. The van der Waals surface area contributed by atoms with Crippen LogP contribution in [0.2, 0.25) is 0 Å². The lowest BCUT2D eigenvalue weighted by Gasteiger charge is -2.05. The minimum Gasteiger partial charge on any atom is -0.329 e. The standard InChI is InChI=1S/C9H15N3S/c1-6(2)7-11-8(13-12-7)9(5-10)3-4-9/h6H,3-5,10H2,1-2H3. The van der Waals surface area contributed by atoms with E-state index in [-0.39, 0.29) is 5.41 Å². The second-order valence-electron chi connectivity index (χ2n) is 4.10. The maximum absolute atomic E-state index is 5.73. The van der Waals surface area contributed by atoms with Crippen molar-refractivity contribution >= 4 is 11.5 Å². The van der Waals surface area contributed by atoms with Gasteiger partial charge in [-0.2, -0.15) is 4.37 Å². The van der Waals surface area contributed by atoms with E-state index >= 15 is 0 Å². The third-order valence-electron chi connectivity index (χ3n) is 2.66. The Morgan fingerprint density at radius 3 is 2.62 bits per heavy atom. The first-order valence-corrected chi connectivity index (χ1v) is 5.49. The number of aromatic nitrogens is 2. The molecular weight excluding hydrogens is 182 g/mol. The molecule has 2 rings (SSSR count). The minimum absolute atomic E-state index is 0.213. The quantitative estimate of drug-likeness (QED) is 0.801. The SMILES string of the molecule is CC(C)c1nsc(C2(CN)CC2)n1. The number of nitrogens with zero attached hydrogens (tertiary/aromatic N) is 2. The van der Waals surface area contributed by atoms with Gasteiger partial charge >= 0.3 is 0 Å². The Labute approximate surface area is 82.5 Å². The Bertz CT molecular complexity index is 302. The zero-order valence-corrected chi connectivity index (χ0v) is 8.90. The number of hydrogen-bond donors (Lipinski definition) is 1. The summed E-state index contributed by atoms with van der Waals surface area (Å²) in [4.78, 5) is 4.54. The average molecular weight is 197 g/mol. The summed E-state index contributed by atoms with van der Waals surface area (Å²) in [6, 6.07) is 0. The van der Waals surface area contributed by atoms with Crippen LogP contribution in [0.4, 0.5) is 0 Å². The first-order chi connectivity index (χ1) is 6.18. The van der Waals surface area contributed by atoms with Crippen molar-refractivity contribution in [1.82, 2.24) is 9.36 Å². The van der Waals surface area contributed by atoms with Crippen LogP contribution in [0.25, 0.3) is 0 Å². The fourth-order valence-electron chi connectivity index (χ4n) is 1.34. The predicted molar refractivity (Wildman–Crippen MR) is 54.0 cm³/mol. The molecule has 13 heavy (non-hydrogen) atoms. The molecular formula is C9H15N3S. The molecule has 1 saturated carbocycles. The lowest BCUT2D eigenvalue weighted by atomic mass is 10.1. The van der Waals surface area contributed by atoms with Gasteiger partial charge in [0.25, 0.3) is 0 Å². The Balaban J connectivity index is 2.23. The van der Waals surface area contributed by atoms with Crippen LogP contribution in [-0.2, 0) is 5.41 Å². The van der Waals surface area contributed by atoms with E-state index in [1.165, 1.54) is 24.4 Å². The van der Waals surface area contributed by atoms with E-state index in [9.17, 15) is 0 Å². The molecule has 1 aromatic heterocycles. The van der Waals surface area contributed by atoms with Gasteiger partial charge < -0.3 is 5.73 Å². The predicted octanol–water partition coefficient (Wildman–Crippen LogP) is 1.65. The van der Waals surface area contributed by atoms with Gasteiger partial charge in [0.15, 0.2) is 0 Å². The number of nitrogens with two attached hydrogens (primary N) is 1. The van der Waals surface area contributed by atoms with Crippen LogP contribution in [-0.4, -0.2) is 15.9 Å². The van der Waals surface area contributed by atoms with Crippen molar-refractivity contribution in [3.8, 4) is 0 Å². The fourth-order valence-corrected chi connectivity index (χ4v) is 2.39. The molecule has 0 spiro atoms. The molecule has 0 saturated heterocycles. The van der Waals surface area contributed by atoms with Crippen molar-refractivity contribution in [2.24, 2.45) is 5.73 Å². The Morgan fingerprint density at radius 1 is 1.54 bits per heavy atom. The van der Waals surface area contributed by atoms with Crippen LogP contribution in [0, 0.1) is 0 Å². The molecule has 2 N–H and O–H groups in total. The molecule has 1 aromatic rings. The first kappa shape index (κ1) is 9.09. The van der Waals surface area contributed by atoms with Gasteiger partial charge in [-0.1, -0.05) is 13.8 Å². The van der Waals surface area contributed by atoms with Gasteiger partial charge in [-0.15, -0.1) is 0 Å². The highest BCUT2D eigenvalue weighted by Crippen LogP contribution is 2.47. The summed E-state index contributed by atoms with van der Waals surface area (Å²) in [6.45, 7) is 4.96. The maximum atomic E-state index is 5.73. The van der Waals surface area contributed by atoms with Crippen molar-refractivity contribution in [3.05, 3.63) is 10.8 Å². The van der Waals surface area contributed by atoms with Gasteiger partial charge in [-0.05, 0) is 24.4 Å². The van der Waals surface area contributed by atoms with Gasteiger partial charge in [-0.3, -0.25) is 0 Å². The molecule has 0 aromatic carbocycles. The van der Waals surface area contributed by atoms with Crippen LogP contribution in [0.5, 0.6) is 0 Å². The summed E-state index contributed by atoms with van der Waals surface area (Å²) in [5.41, 5.74) is 5.94. The molecule has 4 heteroatoms. The van der Waals surface area contributed by atoms with Crippen molar-refractivity contribution in [3.63, 3.8) is 0 Å². The second kappa shape index (κ2) is 3.03. The van der Waals surface area contributed by atoms with Gasteiger partial charge in [0, 0.05) is 17.9 Å². The van der Waals surface area contributed by atoms with Crippen LogP contribution in [0.15, 0.2) is 0 Å². The highest BCUT2D eigenvalue weighted by molar-refractivity contribution is 7.05. The monoisotopic (exact) mass is 197 g/mol.